The standard InChI is InChI=1S/C13H19N3O4S/c1-13(20-2,11(18)19)10(17)14-12-16-15-9(21-12)8-6-4-3-5-7-8/h8H,3-7H2,1-2H3,(H,18,19)(H,14,16,17). The molecule has 1 saturated carbocycles. The van der Waals surface area contributed by atoms with Crippen molar-refractivity contribution in [3.63, 3.8) is 0 Å². The van der Waals surface area contributed by atoms with Gasteiger partial charge in [-0.25, -0.2) is 4.79 Å². The smallest absolute Gasteiger partial charge is 0.345 e. The average Bonchev–Trinajstić information content (AvgIpc) is 2.95. The molecule has 21 heavy (non-hydrogen) atoms. The van der Waals surface area contributed by atoms with E-state index in [0.29, 0.717) is 11.0 Å². The van der Waals surface area contributed by atoms with Gasteiger partial charge in [-0.2, -0.15) is 0 Å². The lowest BCUT2D eigenvalue weighted by molar-refractivity contribution is -0.165. The van der Waals surface area contributed by atoms with Crippen molar-refractivity contribution in [3.05, 3.63) is 5.01 Å². The normalized spacial score (nSPS) is 19.0. The fourth-order valence-corrected chi connectivity index (χ4v) is 3.20. The molecule has 8 heteroatoms. The number of carboxylic acids is 1. The van der Waals surface area contributed by atoms with Gasteiger partial charge in [0.05, 0.1) is 0 Å². The van der Waals surface area contributed by atoms with Crippen LogP contribution in [0.3, 0.4) is 0 Å². The fraction of sp³-hybridized carbons (Fsp3) is 0.692. The number of methoxy groups -OCH3 is 1. The SMILES string of the molecule is COC(C)(C(=O)O)C(=O)Nc1nnc(C2CCCCC2)s1. The second-order valence-electron chi connectivity index (χ2n) is 5.28. The molecule has 1 aromatic rings. The van der Waals surface area contributed by atoms with Crippen LogP contribution in [0, 0.1) is 0 Å². The number of rotatable bonds is 5. The van der Waals surface area contributed by atoms with E-state index in [0.717, 1.165) is 17.8 Å². The zero-order valence-electron chi connectivity index (χ0n) is 12.1. The molecular formula is C13H19N3O4S. The van der Waals surface area contributed by atoms with E-state index in [1.165, 1.54) is 44.6 Å². The Kier molecular flexibility index (Phi) is 4.89. The van der Waals surface area contributed by atoms with Crippen molar-refractivity contribution in [1.29, 1.82) is 0 Å². The molecule has 1 unspecified atom stereocenters. The maximum atomic E-state index is 12.0. The van der Waals surface area contributed by atoms with Gasteiger partial charge in [0.25, 0.3) is 5.91 Å². The van der Waals surface area contributed by atoms with Gasteiger partial charge in [-0.1, -0.05) is 30.6 Å². The summed E-state index contributed by atoms with van der Waals surface area (Å²) in [6.07, 6.45) is 5.81. The molecule has 2 N–H and O–H groups in total. The highest BCUT2D eigenvalue weighted by molar-refractivity contribution is 7.15. The number of ether oxygens (including phenoxy) is 1. The van der Waals surface area contributed by atoms with Gasteiger partial charge in [0.15, 0.2) is 0 Å². The number of anilines is 1. The summed E-state index contributed by atoms with van der Waals surface area (Å²) in [5.41, 5.74) is -1.93. The Hall–Kier alpha value is -1.54. The van der Waals surface area contributed by atoms with Crippen molar-refractivity contribution < 1.29 is 19.4 Å². The number of nitrogens with one attached hydrogen (secondary N) is 1. The Balaban J connectivity index is 2.05. The summed E-state index contributed by atoms with van der Waals surface area (Å²) in [5.74, 6) is -1.71. The van der Waals surface area contributed by atoms with Crippen molar-refractivity contribution in [2.24, 2.45) is 0 Å². The Morgan fingerprint density at radius 2 is 2.00 bits per heavy atom. The summed E-state index contributed by atoms with van der Waals surface area (Å²) in [6, 6.07) is 0. The maximum absolute atomic E-state index is 12.0. The lowest BCUT2D eigenvalue weighted by Gasteiger charge is -2.20. The average molecular weight is 313 g/mol. The van der Waals surface area contributed by atoms with Crippen molar-refractivity contribution in [1.82, 2.24) is 10.2 Å². The number of aromatic nitrogens is 2. The highest BCUT2D eigenvalue weighted by Gasteiger charge is 2.42. The first-order valence-corrected chi connectivity index (χ1v) is 7.72. The van der Waals surface area contributed by atoms with Crippen LogP contribution < -0.4 is 5.32 Å². The summed E-state index contributed by atoms with van der Waals surface area (Å²) >= 11 is 1.30. The van der Waals surface area contributed by atoms with Gasteiger partial charge in [-0.05, 0) is 19.8 Å². The van der Waals surface area contributed by atoms with Gasteiger partial charge in [0, 0.05) is 13.0 Å². The maximum Gasteiger partial charge on any atom is 0.345 e. The molecular weight excluding hydrogens is 294 g/mol. The molecule has 7 nitrogen and oxygen atoms in total. The highest BCUT2D eigenvalue weighted by atomic mass is 32.1. The summed E-state index contributed by atoms with van der Waals surface area (Å²) in [7, 11) is 1.18. The van der Waals surface area contributed by atoms with Crippen LogP contribution in [0.4, 0.5) is 5.13 Å². The molecule has 0 spiro atoms. The van der Waals surface area contributed by atoms with Crippen LogP contribution >= 0.6 is 11.3 Å². The van der Waals surface area contributed by atoms with E-state index in [1.54, 1.807) is 0 Å². The van der Waals surface area contributed by atoms with E-state index in [2.05, 4.69) is 15.5 Å². The number of hydrogen-bond donors (Lipinski definition) is 2. The largest absolute Gasteiger partial charge is 0.479 e. The molecule has 1 aliphatic carbocycles. The second-order valence-corrected chi connectivity index (χ2v) is 6.29. The molecule has 0 aliphatic heterocycles. The van der Waals surface area contributed by atoms with Crippen LogP contribution in [-0.4, -0.2) is 39.9 Å². The quantitative estimate of drug-likeness (QED) is 0.806. The number of carboxylic acid groups (broad SMARTS) is 1. The van der Waals surface area contributed by atoms with Gasteiger partial charge in [0.2, 0.25) is 10.7 Å². The topological polar surface area (TPSA) is 101 Å². The number of nitrogens with zero attached hydrogens (tertiary/aromatic N) is 2. The predicted octanol–water partition coefficient (Wildman–Crippen LogP) is 2.01. The van der Waals surface area contributed by atoms with Crippen LogP contribution in [0.1, 0.15) is 50.0 Å². The third-order valence-corrected chi connectivity index (χ3v) is 4.87. The molecule has 1 heterocycles. The Bertz CT molecular complexity index is 527. The third-order valence-electron chi connectivity index (χ3n) is 3.87. The lowest BCUT2D eigenvalue weighted by atomic mass is 9.90. The first-order chi connectivity index (χ1) is 9.97. The molecule has 0 saturated heterocycles. The predicted molar refractivity (Wildman–Crippen MR) is 77.4 cm³/mol. The fourth-order valence-electron chi connectivity index (χ4n) is 2.29. The molecule has 1 aromatic heterocycles. The first kappa shape index (κ1) is 15.8. The lowest BCUT2D eigenvalue weighted by Crippen LogP contribution is -2.48. The summed E-state index contributed by atoms with van der Waals surface area (Å²) in [6.45, 7) is 1.20. The number of carbonyl (C=O) groups excluding carboxylic acids is 1. The first-order valence-electron chi connectivity index (χ1n) is 6.90. The van der Waals surface area contributed by atoms with E-state index in [9.17, 15) is 9.59 Å². The van der Waals surface area contributed by atoms with E-state index >= 15 is 0 Å². The van der Waals surface area contributed by atoms with Crippen molar-refractivity contribution >= 4 is 28.3 Å². The second kappa shape index (κ2) is 6.48. The van der Waals surface area contributed by atoms with Gasteiger partial charge in [-0.15, -0.1) is 10.2 Å². The number of amides is 1. The van der Waals surface area contributed by atoms with E-state index < -0.39 is 17.5 Å². The van der Waals surface area contributed by atoms with Crippen LogP contribution in [0.2, 0.25) is 0 Å². The van der Waals surface area contributed by atoms with Gasteiger partial charge >= 0.3 is 5.97 Å². The highest BCUT2D eigenvalue weighted by Crippen LogP contribution is 2.35. The Morgan fingerprint density at radius 3 is 2.57 bits per heavy atom. The number of carbonyl (C=O) groups is 2. The molecule has 116 valence electrons. The van der Waals surface area contributed by atoms with Crippen LogP contribution in [0.15, 0.2) is 0 Å². The zero-order valence-corrected chi connectivity index (χ0v) is 12.9. The van der Waals surface area contributed by atoms with Gasteiger partial charge in [0.1, 0.15) is 5.01 Å². The van der Waals surface area contributed by atoms with E-state index in [-0.39, 0.29) is 0 Å². The minimum absolute atomic E-state index is 0.310. The summed E-state index contributed by atoms with van der Waals surface area (Å²) in [5, 5.41) is 20.8. The third kappa shape index (κ3) is 3.38. The van der Waals surface area contributed by atoms with E-state index in [1.807, 2.05) is 0 Å². The van der Waals surface area contributed by atoms with Crippen molar-refractivity contribution in [3.8, 4) is 0 Å². The van der Waals surface area contributed by atoms with Gasteiger partial charge in [-0.3, -0.25) is 10.1 Å². The molecule has 2 rings (SSSR count). The monoisotopic (exact) mass is 313 g/mol. The van der Waals surface area contributed by atoms with Crippen molar-refractivity contribution in [2.45, 2.75) is 50.5 Å². The van der Waals surface area contributed by atoms with Crippen LogP contribution in [-0.2, 0) is 14.3 Å². The number of aliphatic carboxylic acids is 1. The molecule has 1 aliphatic rings. The minimum Gasteiger partial charge on any atom is -0.479 e. The van der Waals surface area contributed by atoms with Gasteiger partial charge < -0.3 is 9.84 Å². The summed E-state index contributed by atoms with van der Waals surface area (Å²) in [4.78, 5) is 23.1. The minimum atomic E-state index is -1.93. The molecule has 1 atom stereocenters. The van der Waals surface area contributed by atoms with E-state index in [4.69, 9.17) is 9.84 Å². The molecule has 0 bridgehead atoms. The Morgan fingerprint density at radius 1 is 1.33 bits per heavy atom. The van der Waals surface area contributed by atoms with Crippen molar-refractivity contribution in [2.75, 3.05) is 12.4 Å². The summed E-state index contributed by atoms with van der Waals surface area (Å²) < 4.78 is 4.80. The number of hydrogen-bond acceptors (Lipinski definition) is 6. The van der Waals surface area contributed by atoms with Crippen LogP contribution in [0.5, 0.6) is 0 Å². The Labute approximate surface area is 126 Å². The molecule has 0 radical (unpaired) electrons. The molecule has 0 aromatic carbocycles. The van der Waals surface area contributed by atoms with Crippen LogP contribution in [0.25, 0.3) is 0 Å². The zero-order chi connectivity index (χ0) is 15.5. The molecule has 1 fully saturated rings. The molecule has 1 amide bonds.